The Morgan fingerprint density at radius 3 is 2.77 bits per heavy atom. The molecule has 0 aromatic carbocycles. The zero-order valence-electron chi connectivity index (χ0n) is 8.30. The van der Waals surface area contributed by atoms with Crippen LogP contribution in [0.4, 0.5) is 0 Å². The lowest BCUT2D eigenvalue weighted by Crippen LogP contribution is -2.98. The van der Waals surface area contributed by atoms with Crippen LogP contribution >= 0.6 is 11.8 Å². The fourth-order valence-corrected chi connectivity index (χ4v) is 2.72. The smallest absolute Gasteiger partial charge is 0.347 e. The number of hydrogen-bond donors (Lipinski definition) is 2. The van der Waals surface area contributed by atoms with E-state index in [-0.39, 0.29) is 18.2 Å². The van der Waals surface area contributed by atoms with Crippen LogP contribution in [0.2, 0.25) is 0 Å². The van der Waals surface area contributed by atoms with Crippen LogP contribution in [0.25, 0.3) is 0 Å². The Labute approximate surface area is 83.5 Å². The summed E-state index contributed by atoms with van der Waals surface area (Å²) < 4.78 is 0. The number of nitrogens with one attached hydrogen (secondary N) is 1. The lowest BCUT2D eigenvalue weighted by atomic mass is 10.2. The fourth-order valence-electron chi connectivity index (χ4n) is 1.37. The molecule has 0 bridgehead atoms. The number of amides is 1. The minimum Gasteiger partial charge on any atom is -0.347 e. The van der Waals surface area contributed by atoms with Crippen molar-refractivity contribution in [3.8, 4) is 0 Å². The summed E-state index contributed by atoms with van der Waals surface area (Å²) in [4.78, 5) is 11.9. The molecule has 0 saturated carbocycles. The van der Waals surface area contributed by atoms with Gasteiger partial charge in [0.15, 0.2) is 6.73 Å². The van der Waals surface area contributed by atoms with Gasteiger partial charge in [0, 0.05) is 6.92 Å². The molecule has 2 unspecified atom stereocenters. The Balaban J connectivity index is 2.19. The van der Waals surface area contributed by atoms with Gasteiger partial charge in [0.2, 0.25) is 5.54 Å². The normalized spacial score (nSPS) is 32.2. The van der Waals surface area contributed by atoms with Crippen LogP contribution in [0.1, 0.15) is 26.7 Å². The highest BCUT2D eigenvalue weighted by molar-refractivity contribution is 7.99. The molecule has 1 heterocycles. The second kappa shape index (κ2) is 4.44. The number of carbonyl (C=O) groups excluding carboxylic acids is 1. The molecule has 0 aromatic heterocycles. The van der Waals surface area contributed by atoms with Crippen LogP contribution in [0, 0.1) is 0 Å². The Morgan fingerprint density at radius 1 is 1.62 bits per heavy atom. The number of thioether (sulfide) groups is 1. The summed E-state index contributed by atoms with van der Waals surface area (Å²) in [5.74, 6) is 2.14. The fraction of sp³-hybridized carbons (Fsp3) is 0.889. The van der Waals surface area contributed by atoms with Gasteiger partial charge in [0.1, 0.15) is 0 Å². The van der Waals surface area contributed by atoms with Crippen molar-refractivity contribution in [3.05, 3.63) is 0 Å². The maximum Gasteiger partial charge on any atom is 0.377 e. The number of aliphatic hydroxyl groups excluding tert-OH is 1. The van der Waals surface area contributed by atoms with E-state index in [0.29, 0.717) is 0 Å². The molecule has 1 saturated heterocycles. The number of rotatable bonds is 6. The number of quaternary nitrogens is 1. The maximum absolute atomic E-state index is 11.2. The molecular formula is C9H18NO2S+. The summed E-state index contributed by atoms with van der Waals surface area (Å²) in [5.41, 5.74) is -0.285. The molecule has 0 radical (unpaired) electrons. The third-order valence-corrected chi connectivity index (χ3v) is 3.93. The number of unbranched alkanes of at least 4 members (excludes halogenated alkanes) is 1. The average molecular weight is 204 g/mol. The predicted octanol–water partition coefficient (Wildman–Crippen LogP) is -0.347. The number of hydrogen-bond acceptors (Lipinski definition) is 3. The Hall–Kier alpha value is -0.0600. The van der Waals surface area contributed by atoms with Gasteiger partial charge in [-0.3, -0.25) is 0 Å². The van der Waals surface area contributed by atoms with Crippen LogP contribution in [-0.2, 0) is 4.79 Å². The molecule has 2 N–H and O–H groups in total. The first kappa shape index (κ1) is 11.0. The maximum atomic E-state index is 11.2. The number of aliphatic hydroxyl groups is 1. The highest BCUT2D eigenvalue weighted by atomic mass is 32.2. The first-order valence-corrected chi connectivity index (χ1v) is 5.92. The van der Waals surface area contributed by atoms with Crippen LogP contribution in [0.15, 0.2) is 0 Å². The summed E-state index contributed by atoms with van der Waals surface area (Å²) in [6.45, 7) is 4.04. The topological polar surface area (TPSA) is 41.7 Å². The van der Waals surface area contributed by atoms with Crippen molar-refractivity contribution in [2.75, 3.05) is 18.2 Å². The molecule has 1 rings (SSSR count). The largest absolute Gasteiger partial charge is 0.377 e. The van der Waals surface area contributed by atoms with Gasteiger partial charge < -0.3 is 5.11 Å². The summed E-state index contributed by atoms with van der Waals surface area (Å²) in [7, 11) is 0. The highest BCUT2D eigenvalue weighted by Crippen LogP contribution is 2.18. The molecule has 4 heteroatoms. The van der Waals surface area contributed by atoms with E-state index in [2.05, 4.69) is 6.92 Å². The van der Waals surface area contributed by atoms with E-state index in [1.807, 2.05) is 18.7 Å². The van der Waals surface area contributed by atoms with Crippen LogP contribution < -0.4 is 4.90 Å². The average Bonchev–Trinajstić information content (AvgIpc) is 2.64. The van der Waals surface area contributed by atoms with Crippen LogP contribution in [-0.4, -0.2) is 34.8 Å². The van der Waals surface area contributed by atoms with E-state index >= 15 is 0 Å². The van der Waals surface area contributed by atoms with E-state index in [4.69, 9.17) is 5.11 Å². The monoisotopic (exact) mass is 204 g/mol. The van der Waals surface area contributed by atoms with E-state index in [1.165, 1.54) is 12.8 Å². The van der Waals surface area contributed by atoms with Gasteiger partial charge >= 0.3 is 5.91 Å². The summed E-state index contributed by atoms with van der Waals surface area (Å²) >= 11 is 1.82. The van der Waals surface area contributed by atoms with E-state index in [1.54, 1.807) is 0 Å². The Morgan fingerprint density at radius 2 is 2.31 bits per heavy atom. The third-order valence-electron chi connectivity index (χ3n) is 2.57. The minimum absolute atomic E-state index is 0.0519. The van der Waals surface area contributed by atoms with Gasteiger partial charge in [-0.15, -0.1) is 0 Å². The quantitative estimate of drug-likeness (QED) is 0.459. The van der Waals surface area contributed by atoms with Gasteiger partial charge in [-0.05, 0) is 12.2 Å². The SMILES string of the molecule is CCCCSCC1(C)C(=O)[NH+]1CO. The molecule has 0 spiro atoms. The molecule has 3 nitrogen and oxygen atoms in total. The molecule has 0 aliphatic carbocycles. The molecule has 1 amide bonds. The van der Waals surface area contributed by atoms with Gasteiger partial charge in [0.25, 0.3) is 0 Å². The second-order valence-electron chi connectivity index (χ2n) is 3.70. The summed E-state index contributed by atoms with van der Waals surface area (Å²) in [5, 5.41) is 8.85. The molecule has 1 fully saturated rings. The Kier molecular flexibility index (Phi) is 3.76. The lowest BCUT2D eigenvalue weighted by Gasteiger charge is -2.02. The van der Waals surface area contributed by atoms with Crippen molar-refractivity contribution in [2.24, 2.45) is 0 Å². The first-order valence-electron chi connectivity index (χ1n) is 4.76. The molecule has 76 valence electrons. The first-order chi connectivity index (χ1) is 6.16. The van der Waals surface area contributed by atoms with Crippen molar-refractivity contribution >= 4 is 17.7 Å². The minimum atomic E-state index is -0.285. The van der Waals surface area contributed by atoms with Gasteiger partial charge in [-0.1, -0.05) is 13.3 Å². The number of carbonyl (C=O) groups is 1. The third kappa shape index (κ3) is 2.24. The van der Waals surface area contributed by atoms with Crippen molar-refractivity contribution in [3.63, 3.8) is 0 Å². The summed E-state index contributed by atoms with van der Waals surface area (Å²) in [6.07, 6.45) is 2.41. The summed E-state index contributed by atoms with van der Waals surface area (Å²) in [6, 6.07) is 0. The molecule has 2 atom stereocenters. The van der Waals surface area contributed by atoms with Crippen molar-refractivity contribution < 1.29 is 14.8 Å². The predicted molar refractivity (Wildman–Crippen MR) is 53.7 cm³/mol. The Bertz CT molecular complexity index is 198. The van der Waals surface area contributed by atoms with Gasteiger partial charge in [-0.2, -0.15) is 11.8 Å². The molecule has 13 heavy (non-hydrogen) atoms. The second-order valence-corrected chi connectivity index (χ2v) is 4.81. The van der Waals surface area contributed by atoms with Crippen LogP contribution in [0.3, 0.4) is 0 Å². The zero-order valence-corrected chi connectivity index (χ0v) is 9.12. The van der Waals surface area contributed by atoms with Crippen molar-refractivity contribution in [1.29, 1.82) is 0 Å². The molecule has 1 aliphatic heterocycles. The molecule has 0 aromatic rings. The lowest BCUT2D eigenvalue weighted by molar-refractivity contribution is -0.777. The highest BCUT2D eigenvalue weighted by Gasteiger charge is 2.66. The van der Waals surface area contributed by atoms with Crippen LogP contribution in [0.5, 0.6) is 0 Å². The van der Waals surface area contributed by atoms with E-state index < -0.39 is 0 Å². The van der Waals surface area contributed by atoms with Crippen molar-refractivity contribution in [2.45, 2.75) is 32.2 Å². The van der Waals surface area contributed by atoms with E-state index in [9.17, 15) is 4.79 Å². The molecule has 1 aliphatic rings. The molecular weight excluding hydrogens is 186 g/mol. The van der Waals surface area contributed by atoms with Gasteiger partial charge in [-0.25, -0.2) is 9.69 Å². The van der Waals surface area contributed by atoms with E-state index in [0.717, 1.165) is 16.4 Å². The van der Waals surface area contributed by atoms with Gasteiger partial charge in [0.05, 0.1) is 5.75 Å². The standard InChI is InChI=1S/C9H17NO2S/c1-3-4-5-13-6-9(2)8(12)10(9)7-11/h11H,3-7H2,1-2H3/p+1. The van der Waals surface area contributed by atoms with Crippen molar-refractivity contribution in [1.82, 2.24) is 0 Å². The zero-order chi connectivity index (χ0) is 9.90.